The van der Waals surface area contributed by atoms with E-state index in [1.807, 2.05) is 73.7 Å². The molecule has 0 radical (unpaired) electrons. The van der Waals surface area contributed by atoms with E-state index in [9.17, 15) is 9.59 Å². The highest BCUT2D eigenvalue weighted by molar-refractivity contribution is 6.01. The number of amides is 1. The smallest absolute Gasteiger partial charge is 0.220 e. The van der Waals surface area contributed by atoms with Gasteiger partial charge in [0.25, 0.3) is 0 Å². The van der Waals surface area contributed by atoms with Crippen LogP contribution in [-0.4, -0.2) is 26.5 Å². The lowest BCUT2D eigenvalue weighted by Crippen LogP contribution is -2.27. The summed E-state index contributed by atoms with van der Waals surface area (Å²) >= 11 is 0. The third kappa shape index (κ3) is 4.43. The predicted octanol–water partition coefficient (Wildman–Crippen LogP) is 4.26. The van der Waals surface area contributed by atoms with E-state index in [2.05, 4.69) is 15.4 Å². The summed E-state index contributed by atoms with van der Waals surface area (Å²) in [4.78, 5) is 28.8. The number of ketones is 1. The van der Waals surface area contributed by atoms with Crippen molar-refractivity contribution < 1.29 is 9.59 Å². The van der Waals surface area contributed by atoms with Gasteiger partial charge in [-0.25, -0.2) is 9.67 Å². The summed E-state index contributed by atoms with van der Waals surface area (Å²) in [5, 5.41) is 9.17. The second-order valence-corrected chi connectivity index (χ2v) is 7.21. The Bertz CT molecular complexity index is 1170. The number of fused-ring (bicyclic) bond motifs is 1. The molecule has 150 valence electrons. The first-order valence-electron chi connectivity index (χ1n) is 9.86. The standard InChI is InChI=1S/C24H22N4O2/c1-17(18-8-10-22(11-9-18)28-16-25-15-26-28)27-24(30)13-12-23(29)21-7-6-19-4-2-3-5-20(19)14-21/h2-11,14-17H,12-13H2,1H3,(H,27,30)/t17-/m1/s1. The topological polar surface area (TPSA) is 76.9 Å². The molecule has 1 atom stereocenters. The molecule has 1 amide bonds. The molecule has 0 bridgehead atoms. The number of hydrogen-bond donors (Lipinski definition) is 1. The fraction of sp³-hybridized carbons (Fsp3) is 0.167. The van der Waals surface area contributed by atoms with E-state index in [1.54, 1.807) is 11.0 Å². The molecule has 1 aromatic heterocycles. The van der Waals surface area contributed by atoms with Crippen molar-refractivity contribution in [2.45, 2.75) is 25.8 Å². The molecule has 3 aromatic carbocycles. The maximum Gasteiger partial charge on any atom is 0.220 e. The molecule has 0 spiro atoms. The average Bonchev–Trinajstić information content (AvgIpc) is 3.32. The molecular formula is C24H22N4O2. The largest absolute Gasteiger partial charge is 0.350 e. The Hall–Kier alpha value is -3.80. The number of carbonyl (C=O) groups is 2. The normalized spacial score (nSPS) is 11.9. The van der Waals surface area contributed by atoms with Gasteiger partial charge in [0.05, 0.1) is 11.7 Å². The summed E-state index contributed by atoms with van der Waals surface area (Å²) in [6.45, 7) is 1.92. The number of benzene rings is 3. The van der Waals surface area contributed by atoms with Crippen LogP contribution in [0, 0.1) is 0 Å². The Labute approximate surface area is 174 Å². The van der Waals surface area contributed by atoms with Crippen molar-refractivity contribution >= 4 is 22.5 Å². The van der Waals surface area contributed by atoms with Crippen molar-refractivity contribution in [3.05, 3.63) is 90.5 Å². The molecule has 0 saturated carbocycles. The van der Waals surface area contributed by atoms with Crippen LogP contribution in [0.5, 0.6) is 0 Å². The number of nitrogens with one attached hydrogen (secondary N) is 1. The van der Waals surface area contributed by atoms with E-state index in [-0.39, 0.29) is 30.6 Å². The Morgan fingerprint density at radius 2 is 1.73 bits per heavy atom. The highest BCUT2D eigenvalue weighted by Crippen LogP contribution is 2.18. The molecule has 4 aromatic rings. The quantitative estimate of drug-likeness (QED) is 0.472. The minimum atomic E-state index is -0.155. The molecule has 0 aliphatic heterocycles. The first-order chi connectivity index (χ1) is 14.6. The summed E-state index contributed by atoms with van der Waals surface area (Å²) in [5.74, 6) is -0.169. The molecule has 6 heteroatoms. The number of Topliss-reactive ketones (excluding diaryl/α,β-unsaturated/α-hetero) is 1. The Balaban J connectivity index is 1.31. The van der Waals surface area contributed by atoms with Crippen molar-refractivity contribution in [3.63, 3.8) is 0 Å². The Kier molecular flexibility index (Phi) is 5.66. The highest BCUT2D eigenvalue weighted by atomic mass is 16.2. The summed E-state index contributed by atoms with van der Waals surface area (Å²) in [6.07, 6.45) is 3.46. The van der Waals surface area contributed by atoms with Gasteiger partial charge in [0, 0.05) is 18.4 Å². The van der Waals surface area contributed by atoms with Gasteiger partial charge in [-0.3, -0.25) is 9.59 Å². The van der Waals surface area contributed by atoms with Crippen LogP contribution in [0.3, 0.4) is 0 Å². The average molecular weight is 398 g/mol. The molecule has 4 rings (SSSR count). The van der Waals surface area contributed by atoms with Crippen molar-refractivity contribution in [2.75, 3.05) is 0 Å². The first kappa shape index (κ1) is 19.5. The molecule has 1 N–H and O–H groups in total. The van der Waals surface area contributed by atoms with E-state index >= 15 is 0 Å². The molecule has 6 nitrogen and oxygen atoms in total. The van der Waals surface area contributed by atoms with Crippen LogP contribution < -0.4 is 5.32 Å². The van der Waals surface area contributed by atoms with Crippen LogP contribution in [0.15, 0.2) is 79.4 Å². The number of carbonyl (C=O) groups excluding carboxylic acids is 2. The third-order valence-corrected chi connectivity index (χ3v) is 5.10. The zero-order chi connectivity index (χ0) is 20.9. The predicted molar refractivity (Wildman–Crippen MR) is 115 cm³/mol. The summed E-state index contributed by atoms with van der Waals surface area (Å²) in [6, 6.07) is 21.1. The van der Waals surface area contributed by atoms with Gasteiger partial charge in [0.15, 0.2) is 5.78 Å². The van der Waals surface area contributed by atoms with Crippen LogP contribution in [0.25, 0.3) is 16.5 Å². The molecular weight excluding hydrogens is 376 g/mol. The molecule has 0 aliphatic carbocycles. The van der Waals surface area contributed by atoms with Crippen LogP contribution in [-0.2, 0) is 4.79 Å². The van der Waals surface area contributed by atoms with Crippen molar-refractivity contribution in [3.8, 4) is 5.69 Å². The minimum absolute atomic E-state index is 0.0271. The zero-order valence-corrected chi connectivity index (χ0v) is 16.7. The summed E-state index contributed by atoms with van der Waals surface area (Å²) in [5.41, 5.74) is 2.52. The highest BCUT2D eigenvalue weighted by Gasteiger charge is 2.13. The van der Waals surface area contributed by atoms with Gasteiger partial charge < -0.3 is 5.32 Å². The second kappa shape index (κ2) is 8.69. The summed E-state index contributed by atoms with van der Waals surface area (Å²) < 4.78 is 1.67. The van der Waals surface area contributed by atoms with E-state index in [1.165, 1.54) is 6.33 Å². The van der Waals surface area contributed by atoms with Crippen LogP contribution >= 0.6 is 0 Å². The molecule has 30 heavy (non-hydrogen) atoms. The van der Waals surface area contributed by atoms with Crippen LogP contribution in [0.4, 0.5) is 0 Å². The lowest BCUT2D eigenvalue weighted by Gasteiger charge is -2.15. The second-order valence-electron chi connectivity index (χ2n) is 7.21. The zero-order valence-electron chi connectivity index (χ0n) is 16.7. The number of rotatable bonds is 7. The lowest BCUT2D eigenvalue weighted by molar-refractivity contribution is -0.121. The Morgan fingerprint density at radius 3 is 2.47 bits per heavy atom. The van der Waals surface area contributed by atoms with Gasteiger partial charge in [-0.2, -0.15) is 5.10 Å². The monoisotopic (exact) mass is 398 g/mol. The first-order valence-corrected chi connectivity index (χ1v) is 9.86. The minimum Gasteiger partial charge on any atom is -0.350 e. The SMILES string of the molecule is C[C@@H](NC(=O)CCC(=O)c1ccc2ccccc2c1)c1ccc(-n2cncn2)cc1. The number of hydrogen-bond acceptors (Lipinski definition) is 4. The van der Waals surface area contributed by atoms with Crippen LogP contribution in [0.2, 0.25) is 0 Å². The van der Waals surface area contributed by atoms with Gasteiger partial charge >= 0.3 is 0 Å². The molecule has 0 saturated heterocycles. The fourth-order valence-electron chi connectivity index (χ4n) is 3.39. The Morgan fingerprint density at radius 1 is 0.967 bits per heavy atom. The van der Waals surface area contributed by atoms with Gasteiger partial charge in [-0.1, -0.05) is 48.5 Å². The molecule has 0 fully saturated rings. The maximum absolute atomic E-state index is 12.5. The maximum atomic E-state index is 12.5. The third-order valence-electron chi connectivity index (χ3n) is 5.10. The van der Waals surface area contributed by atoms with Gasteiger partial charge in [-0.05, 0) is 41.5 Å². The van der Waals surface area contributed by atoms with Crippen LogP contribution in [0.1, 0.15) is 41.7 Å². The number of aromatic nitrogens is 3. The molecule has 0 unspecified atom stereocenters. The molecule has 1 heterocycles. The van der Waals surface area contributed by atoms with E-state index in [4.69, 9.17) is 0 Å². The van der Waals surface area contributed by atoms with Gasteiger partial charge in [0.1, 0.15) is 12.7 Å². The van der Waals surface area contributed by atoms with Gasteiger partial charge in [-0.15, -0.1) is 0 Å². The van der Waals surface area contributed by atoms with Crippen molar-refractivity contribution in [1.29, 1.82) is 0 Å². The number of nitrogens with zero attached hydrogens (tertiary/aromatic N) is 3. The van der Waals surface area contributed by atoms with Crippen molar-refractivity contribution in [1.82, 2.24) is 20.1 Å². The van der Waals surface area contributed by atoms with E-state index in [0.29, 0.717) is 5.56 Å². The van der Waals surface area contributed by atoms with E-state index in [0.717, 1.165) is 22.0 Å². The lowest BCUT2D eigenvalue weighted by atomic mass is 10.0. The van der Waals surface area contributed by atoms with Crippen molar-refractivity contribution in [2.24, 2.45) is 0 Å². The molecule has 0 aliphatic rings. The fourth-order valence-corrected chi connectivity index (χ4v) is 3.39. The summed E-state index contributed by atoms with van der Waals surface area (Å²) in [7, 11) is 0. The van der Waals surface area contributed by atoms with E-state index < -0.39 is 0 Å². The van der Waals surface area contributed by atoms with Gasteiger partial charge in [0.2, 0.25) is 5.91 Å².